The molecule has 2 unspecified atom stereocenters. The fraction of sp³-hybridized carbons (Fsp3) is 0.647. The number of nitrogens with zero attached hydrogens (tertiary/aromatic N) is 6. The van der Waals surface area contributed by atoms with Crippen molar-refractivity contribution in [2.45, 2.75) is 26.8 Å². The summed E-state index contributed by atoms with van der Waals surface area (Å²) in [7, 11) is 2.15. The Balaban J connectivity index is 1.48. The van der Waals surface area contributed by atoms with Gasteiger partial charge in [0.2, 0.25) is 0 Å². The van der Waals surface area contributed by atoms with E-state index in [9.17, 15) is 4.79 Å². The number of hydrogen-bond acceptors (Lipinski definition) is 6. The van der Waals surface area contributed by atoms with Crippen LogP contribution in [0.25, 0.3) is 0 Å². The van der Waals surface area contributed by atoms with Gasteiger partial charge in [-0.25, -0.2) is 4.68 Å². The van der Waals surface area contributed by atoms with Gasteiger partial charge in [0.15, 0.2) is 11.5 Å². The Hall–Kier alpha value is -2.22. The lowest BCUT2D eigenvalue weighted by molar-refractivity contribution is 0.0777. The minimum absolute atomic E-state index is 0.00504. The first kappa shape index (κ1) is 16.3. The molecule has 2 fully saturated rings. The van der Waals surface area contributed by atoms with E-state index in [0.29, 0.717) is 29.8 Å². The average Bonchev–Trinajstić information content (AvgIpc) is 3.27. The molecule has 0 saturated carbocycles. The maximum Gasteiger partial charge on any atom is 0.276 e. The summed E-state index contributed by atoms with van der Waals surface area (Å²) >= 11 is 0. The van der Waals surface area contributed by atoms with Crippen LogP contribution in [0.4, 0.5) is 0 Å². The van der Waals surface area contributed by atoms with E-state index in [1.54, 1.807) is 4.68 Å². The summed E-state index contributed by atoms with van der Waals surface area (Å²) in [4.78, 5) is 17.2. The van der Waals surface area contributed by atoms with Crippen LogP contribution in [0, 0.1) is 25.7 Å². The summed E-state index contributed by atoms with van der Waals surface area (Å²) in [6, 6.07) is 1.87. The normalized spacial score (nSPS) is 23.9. The number of likely N-dealkylation sites (tertiary alicyclic amines) is 2. The molecule has 0 bridgehead atoms. The standard InChI is InChI=1S/C17H24N6O2/c1-11-6-15(25-19-11)10-23-12(2)16(18-20-23)17(24)22-8-13-4-5-21(3)7-14(13)9-22/h6,13-14H,4-5,7-10H2,1-3H3. The van der Waals surface area contributed by atoms with Gasteiger partial charge in [0.25, 0.3) is 5.91 Å². The van der Waals surface area contributed by atoms with Crippen LogP contribution in [0.15, 0.2) is 10.6 Å². The van der Waals surface area contributed by atoms with Crippen molar-refractivity contribution in [1.82, 2.24) is 30.0 Å². The molecule has 0 radical (unpaired) electrons. The third-order valence-corrected chi connectivity index (χ3v) is 5.46. The smallest absolute Gasteiger partial charge is 0.276 e. The molecule has 2 aliphatic rings. The molecule has 8 heteroatoms. The zero-order chi connectivity index (χ0) is 17.6. The van der Waals surface area contributed by atoms with E-state index in [4.69, 9.17) is 4.52 Å². The quantitative estimate of drug-likeness (QED) is 0.825. The maximum absolute atomic E-state index is 12.9. The highest BCUT2D eigenvalue weighted by atomic mass is 16.5. The topological polar surface area (TPSA) is 80.3 Å². The predicted octanol–water partition coefficient (Wildman–Crippen LogP) is 0.955. The molecule has 0 aromatic carbocycles. The van der Waals surface area contributed by atoms with Gasteiger partial charge in [-0.1, -0.05) is 10.4 Å². The van der Waals surface area contributed by atoms with E-state index in [2.05, 4.69) is 27.4 Å². The second kappa shape index (κ2) is 6.25. The van der Waals surface area contributed by atoms with E-state index in [0.717, 1.165) is 37.6 Å². The molecule has 0 N–H and O–H groups in total. The summed E-state index contributed by atoms with van der Waals surface area (Å²) in [6.07, 6.45) is 1.17. The molecule has 4 heterocycles. The molecule has 2 atom stereocenters. The molecule has 8 nitrogen and oxygen atoms in total. The molecule has 25 heavy (non-hydrogen) atoms. The summed E-state index contributed by atoms with van der Waals surface area (Å²) < 4.78 is 6.93. The van der Waals surface area contributed by atoms with E-state index in [1.807, 2.05) is 24.8 Å². The number of rotatable bonds is 3. The van der Waals surface area contributed by atoms with Crippen molar-refractivity contribution < 1.29 is 9.32 Å². The predicted molar refractivity (Wildman–Crippen MR) is 90.1 cm³/mol. The van der Waals surface area contributed by atoms with E-state index < -0.39 is 0 Å². The van der Waals surface area contributed by atoms with Gasteiger partial charge in [-0.15, -0.1) is 5.10 Å². The Bertz CT molecular complexity index is 782. The van der Waals surface area contributed by atoms with Crippen LogP contribution in [0.3, 0.4) is 0 Å². The molecule has 0 spiro atoms. The Morgan fingerprint density at radius 3 is 2.84 bits per heavy atom. The van der Waals surface area contributed by atoms with Crippen molar-refractivity contribution in [2.24, 2.45) is 11.8 Å². The van der Waals surface area contributed by atoms with Gasteiger partial charge >= 0.3 is 0 Å². The lowest BCUT2D eigenvalue weighted by Gasteiger charge is -2.31. The summed E-state index contributed by atoms with van der Waals surface area (Å²) in [6.45, 7) is 8.04. The summed E-state index contributed by atoms with van der Waals surface area (Å²) in [5.41, 5.74) is 2.04. The van der Waals surface area contributed by atoms with E-state index in [1.165, 1.54) is 6.42 Å². The molecule has 2 aromatic heterocycles. The lowest BCUT2D eigenvalue weighted by atomic mass is 9.89. The SMILES string of the molecule is Cc1cc(Cn2nnc(C(=O)N3CC4CCN(C)CC4C3)c2C)on1. The van der Waals surface area contributed by atoms with Crippen molar-refractivity contribution in [3.63, 3.8) is 0 Å². The number of aryl methyl sites for hydroxylation is 1. The second-order valence-corrected chi connectivity index (χ2v) is 7.40. The zero-order valence-corrected chi connectivity index (χ0v) is 15.0. The van der Waals surface area contributed by atoms with Crippen LogP contribution in [0.1, 0.15) is 34.1 Å². The third kappa shape index (κ3) is 3.06. The van der Waals surface area contributed by atoms with Gasteiger partial charge in [-0.05, 0) is 45.7 Å². The fourth-order valence-electron chi connectivity index (χ4n) is 4.01. The van der Waals surface area contributed by atoms with Crippen molar-refractivity contribution >= 4 is 5.91 Å². The minimum atomic E-state index is -0.00504. The Morgan fingerprint density at radius 2 is 2.08 bits per heavy atom. The highest BCUT2D eigenvalue weighted by Gasteiger charge is 2.39. The van der Waals surface area contributed by atoms with Crippen LogP contribution in [-0.2, 0) is 6.54 Å². The highest BCUT2D eigenvalue weighted by Crippen LogP contribution is 2.31. The monoisotopic (exact) mass is 344 g/mol. The van der Waals surface area contributed by atoms with E-state index in [-0.39, 0.29) is 5.91 Å². The first-order valence-corrected chi connectivity index (χ1v) is 8.81. The van der Waals surface area contributed by atoms with Crippen molar-refractivity contribution in [1.29, 1.82) is 0 Å². The van der Waals surface area contributed by atoms with Crippen molar-refractivity contribution in [2.75, 3.05) is 33.2 Å². The molecule has 2 saturated heterocycles. The first-order chi connectivity index (χ1) is 12.0. The highest BCUT2D eigenvalue weighted by molar-refractivity contribution is 5.93. The Labute approximate surface area is 146 Å². The molecule has 1 amide bonds. The van der Waals surface area contributed by atoms with Crippen LogP contribution >= 0.6 is 0 Å². The van der Waals surface area contributed by atoms with Gasteiger partial charge in [0, 0.05) is 25.7 Å². The van der Waals surface area contributed by atoms with Gasteiger partial charge in [0.1, 0.15) is 6.54 Å². The van der Waals surface area contributed by atoms with Gasteiger partial charge in [-0.3, -0.25) is 4.79 Å². The zero-order valence-electron chi connectivity index (χ0n) is 15.0. The van der Waals surface area contributed by atoms with Gasteiger partial charge < -0.3 is 14.3 Å². The largest absolute Gasteiger partial charge is 0.359 e. The summed E-state index contributed by atoms with van der Waals surface area (Å²) in [5, 5.41) is 12.2. The third-order valence-electron chi connectivity index (χ3n) is 5.46. The number of hydrogen-bond donors (Lipinski definition) is 0. The van der Waals surface area contributed by atoms with Crippen LogP contribution in [0.2, 0.25) is 0 Å². The number of carbonyl (C=O) groups excluding carboxylic acids is 1. The van der Waals surface area contributed by atoms with Crippen LogP contribution < -0.4 is 0 Å². The fourth-order valence-corrected chi connectivity index (χ4v) is 4.01. The minimum Gasteiger partial charge on any atom is -0.359 e. The van der Waals surface area contributed by atoms with Gasteiger partial charge in [0.05, 0.1) is 11.4 Å². The number of fused-ring (bicyclic) bond motifs is 1. The number of carbonyl (C=O) groups is 1. The Morgan fingerprint density at radius 1 is 1.28 bits per heavy atom. The molecular formula is C17H24N6O2. The van der Waals surface area contributed by atoms with Crippen LogP contribution in [0.5, 0.6) is 0 Å². The second-order valence-electron chi connectivity index (χ2n) is 7.40. The first-order valence-electron chi connectivity index (χ1n) is 8.81. The molecular weight excluding hydrogens is 320 g/mol. The van der Waals surface area contributed by atoms with E-state index >= 15 is 0 Å². The number of piperidine rings is 1. The summed E-state index contributed by atoms with van der Waals surface area (Å²) in [5.74, 6) is 1.90. The number of amides is 1. The molecule has 4 rings (SSSR count). The number of aromatic nitrogens is 4. The van der Waals surface area contributed by atoms with Crippen LogP contribution in [-0.4, -0.2) is 69.1 Å². The maximum atomic E-state index is 12.9. The molecule has 134 valence electrons. The molecule has 2 aromatic rings. The molecule has 0 aliphatic carbocycles. The lowest BCUT2D eigenvalue weighted by Crippen LogP contribution is -2.37. The van der Waals surface area contributed by atoms with Gasteiger partial charge in [-0.2, -0.15) is 0 Å². The van der Waals surface area contributed by atoms with Crippen molar-refractivity contribution in [3.8, 4) is 0 Å². The van der Waals surface area contributed by atoms with Crippen molar-refractivity contribution in [3.05, 3.63) is 28.9 Å². The Kier molecular flexibility index (Phi) is 4.07. The average molecular weight is 344 g/mol. The molecule has 2 aliphatic heterocycles.